The number of aldehydes is 1. The SMILES string of the molecule is O=Cc1ccc(/C=C/C(c2cc(F)cc(C(F)(F)F)c2)C(F)(F)F)cc1Br. The monoisotopic (exact) mass is 454 g/mol. The molecule has 0 bridgehead atoms. The highest BCUT2D eigenvalue weighted by molar-refractivity contribution is 9.10. The van der Waals surface area contributed by atoms with Gasteiger partial charge >= 0.3 is 12.4 Å². The van der Waals surface area contributed by atoms with Crippen LogP contribution in [0.5, 0.6) is 0 Å². The van der Waals surface area contributed by atoms with Gasteiger partial charge in [0.1, 0.15) is 5.82 Å². The number of hydrogen-bond acceptors (Lipinski definition) is 1. The number of benzene rings is 2. The van der Waals surface area contributed by atoms with E-state index in [-0.39, 0.29) is 23.3 Å². The van der Waals surface area contributed by atoms with Gasteiger partial charge in [-0.05, 0) is 41.5 Å². The smallest absolute Gasteiger partial charge is 0.298 e. The van der Waals surface area contributed by atoms with Crippen molar-refractivity contribution in [2.75, 3.05) is 0 Å². The highest BCUT2D eigenvalue weighted by Crippen LogP contribution is 2.39. The Morgan fingerprint density at radius 3 is 2.15 bits per heavy atom. The van der Waals surface area contributed by atoms with Crippen molar-refractivity contribution in [1.29, 1.82) is 0 Å². The number of carbonyl (C=O) groups excluding carboxylic acids is 1. The van der Waals surface area contributed by atoms with Gasteiger partial charge in [-0.25, -0.2) is 4.39 Å². The minimum absolute atomic E-state index is 0.135. The third kappa shape index (κ3) is 5.41. The first kappa shape index (κ1) is 21.1. The molecule has 0 saturated carbocycles. The summed E-state index contributed by atoms with van der Waals surface area (Å²) in [6, 6.07) is 4.94. The maximum absolute atomic E-state index is 13.5. The summed E-state index contributed by atoms with van der Waals surface area (Å²) in [5.74, 6) is -3.86. The van der Waals surface area contributed by atoms with Crippen LogP contribution in [0.25, 0.3) is 6.08 Å². The van der Waals surface area contributed by atoms with Crippen LogP contribution in [0.4, 0.5) is 30.7 Å². The molecule has 0 aliphatic carbocycles. The van der Waals surface area contributed by atoms with Crippen LogP contribution in [0.3, 0.4) is 0 Å². The van der Waals surface area contributed by atoms with E-state index in [4.69, 9.17) is 0 Å². The standard InChI is InChI=1S/C18H10BrF7O/c19-16-5-10(1-3-11(16)9-27)2-4-15(18(24,25)26)12-6-13(17(21,22)23)8-14(20)7-12/h1-9,15H/b4-2+. The summed E-state index contributed by atoms with van der Waals surface area (Å²) in [5.41, 5.74) is -1.82. The Hall–Kier alpha value is -2.16. The number of alkyl halides is 6. The molecule has 144 valence electrons. The third-order valence-corrected chi connectivity index (χ3v) is 4.28. The van der Waals surface area contributed by atoms with E-state index >= 15 is 0 Å². The molecule has 1 atom stereocenters. The first-order valence-electron chi connectivity index (χ1n) is 7.29. The number of carbonyl (C=O) groups is 1. The minimum Gasteiger partial charge on any atom is -0.298 e. The van der Waals surface area contributed by atoms with Crippen LogP contribution in [0.2, 0.25) is 0 Å². The van der Waals surface area contributed by atoms with Gasteiger partial charge in [-0.3, -0.25) is 4.79 Å². The Bertz CT molecular complexity index is 869. The van der Waals surface area contributed by atoms with Crippen molar-refractivity contribution in [1.82, 2.24) is 0 Å². The van der Waals surface area contributed by atoms with Gasteiger partial charge in [0.15, 0.2) is 6.29 Å². The molecule has 0 heterocycles. The molecule has 0 aliphatic heterocycles. The zero-order valence-corrected chi connectivity index (χ0v) is 14.8. The van der Waals surface area contributed by atoms with E-state index in [9.17, 15) is 35.5 Å². The topological polar surface area (TPSA) is 17.1 Å². The molecular weight excluding hydrogens is 445 g/mol. The summed E-state index contributed by atoms with van der Waals surface area (Å²) in [5, 5.41) is 0. The molecule has 0 aromatic heterocycles. The fourth-order valence-corrected chi connectivity index (χ4v) is 2.80. The lowest BCUT2D eigenvalue weighted by atomic mass is 9.95. The fraction of sp³-hybridized carbons (Fsp3) is 0.167. The van der Waals surface area contributed by atoms with Crippen molar-refractivity contribution in [2.24, 2.45) is 0 Å². The third-order valence-electron chi connectivity index (χ3n) is 3.59. The normalized spacial score (nSPS) is 13.8. The molecular formula is C18H10BrF7O. The van der Waals surface area contributed by atoms with Gasteiger partial charge < -0.3 is 0 Å². The van der Waals surface area contributed by atoms with Crippen LogP contribution in [-0.4, -0.2) is 12.5 Å². The van der Waals surface area contributed by atoms with Crippen molar-refractivity contribution >= 4 is 28.3 Å². The van der Waals surface area contributed by atoms with Crippen molar-refractivity contribution < 1.29 is 35.5 Å². The van der Waals surface area contributed by atoms with E-state index in [1.807, 2.05) is 0 Å². The van der Waals surface area contributed by atoms with E-state index < -0.39 is 35.2 Å². The van der Waals surface area contributed by atoms with E-state index in [1.54, 1.807) is 0 Å². The fourth-order valence-electron chi connectivity index (χ4n) is 2.31. The molecule has 0 N–H and O–H groups in total. The first-order chi connectivity index (χ1) is 12.4. The van der Waals surface area contributed by atoms with Crippen molar-refractivity contribution in [3.63, 3.8) is 0 Å². The Balaban J connectivity index is 2.47. The predicted molar refractivity (Wildman–Crippen MR) is 88.8 cm³/mol. The van der Waals surface area contributed by atoms with Crippen LogP contribution < -0.4 is 0 Å². The van der Waals surface area contributed by atoms with Gasteiger partial charge in [-0.1, -0.05) is 34.1 Å². The summed E-state index contributed by atoms with van der Waals surface area (Å²) in [6.45, 7) is 0. The van der Waals surface area contributed by atoms with Gasteiger partial charge in [0.05, 0.1) is 11.5 Å². The zero-order valence-electron chi connectivity index (χ0n) is 13.2. The second-order valence-corrected chi connectivity index (χ2v) is 6.40. The molecule has 0 fully saturated rings. The molecule has 2 aromatic rings. The number of hydrogen-bond donors (Lipinski definition) is 0. The molecule has 0 spiro atoms. The van der Waals surface area contributed by atoms with Gasteiger partial charge in [0, 0.05) is 10.0 Å². The largest absolute Gasteiger partial charge is 0.416 e. The summed E-state index contributed by atoms with van der Waals surface area (Å²) >= 11 is 3.08. The summed E-state index contributed by atoms with van der Waals surface area (Å²) in [7, 11) is 0. The summed E-state index contributed by atoms with van der Waals surface area (Å²) in [6.07, 6.45) is -7.70. The highest BCUT2D eigenvalue weighted by atomic mass is 79.9. The van der Waals surface area contributed by atoms with Crippen molar-refractivity contribution in [2.45, 2.75) is 18.3 Å². The lowest BCUT2D eigenvalue weighted by molar-refractivity contribution is -0.142. The van der Waals surface area contributed by atoms with E-state index in [1.165, 1.54) is 18.2 Å². The quantitative estimate of drug-likeness (QED) is 0.367. The zero-order chi connectivity index (χ0) is 20.4. The number of allylic oxidation sites excluding steroid dienone is 1. The van der Waals surface area contributed by atoms with Crippen LogP contribution in [0.1, 0.15) is 33.0 Å². The van der Waals surface area contributed by atoms with Crippen LogP contribution >= 0.6 is 15.9 Å². The molecule has 2 aromatic carbocycles. The second-order valence-electron chi connectivity index (χ2n) is 5.55. The Kier molecular flexibility index (Phi) is 6.14. The maximum atomic E-state index is 13.5. The summed E-state index contributed by atoms with van der Waals surface area (Å²) in [4.78, 5) is 10.7. The van der Waals surface area contributed by atoms with Gasteiger partial charge in [-0.15, -0.1) is 0 Å². The molecule has 0 aliphatic rings. The number of rotatable bonds is 4. The Morgan fingerprint density at radius 1 is 0.963 bits per heavy atom. The molecule has 0 radical (unpaired) electrons. The average Bonchev–Trinajstić information content (AvgIpc) is 2.52. The van der Waals surface area contributed by atoms with Crippen LogP contribution in [-0.2, 0) is 6.18 Å². The van der Waals surface area contributed by atoms with Gasteiger partial charge in [-0.2, -0.15) is 26.3 Å². The molecule has 1 nitrogen and oxygen atoms in total. The minimum atomic E-state index is -4.98. The van der Waals surface area contributed by atoms with Crippen LogP contribution in [0.15, 0.2) is 46.9 Å². The van der Waals surface area contributed by atoms with Gasteiger partial charge in [0.25, 0.3) is 0 Å². The van der Waals surface area contributed by atoms with E-state index in [0.717, 1.165) is 6.08 Å². The summed E-state index contributed by atoms with van der Waals surface area (Å²) < 4.78 is 92.2. The maximum Gasteiger partial charge on any atom is 0.416 e. The molecule has 27 heavy (non-hydrogen) atoms. The molecule has 0 amide bonds. The van der Waals surface area contributed by atoms with Crippen LogP contribution in [0, 0.1) is 5.82 Å². The molecule has 2 rings (SSSR count). The highest BCUT2D eigenvalue weighted by Gasteiger charge is 2.40. The lowest BCUT2D eigenvalue weighted by Gasteiger charge is -2.19. The van der Waals surface area contributed by atoms with E-state index in [2.05, 4.69) is 15.9 Å². The Labute approximate surface area is 157 Å². The molecule has 1 unspecified atom stereocenters. The molecule has 9 heteroatoms. The second kappa shape index (κ2) is 7.84. The lowest BCUT2D eigenvalue weighted by Crippen LogP contribution is -2.20. The van der Waals surface area contributed by atoms with Crippen molar-refractivity contribution in [3.8, 4) is 0 Å². The Morgan fingerprint density at radius 2 is 1.63 bits per heavy atom. The average molecular weight is 455 g/mol. The van der Waals surface area contributed by atoms with E-state index in [0.29, 0.717) is 22.9 Å². The predicted octanol–water partition coefficient (Wildman–Crippen LogP) is 6.78. The first-order valence-corrected chi connectivity index (χ1v) is 8.08. The molecule has 0 saturated heterocycles. The number of halogens is 8. The van der Waals surface area contributed by atoms with Gasteiger partial charge in [0.2, 0.25) is 0 Å². The van der Waals surface area contributed by atoms with Crippen molar-refractivity contribution in [3.05, 3.63) is 75.0 Å².